The molecule has 2 amide bonds. The number of halogens is 8. The zero-order valence-electron chi connectivity index (χ0n) is 29.1. The predicted octanol–water partition coefficient (Wildman–Crippen LogP) is 8.52. The number of nitrogens with zero attached hydrogens (tertiary/aromatic N) is 1. The van der Waals surface area contributed by atoms with Crippen LogP contribution in [0, 0.1) is 64.7 Å². The van der Waals surface area contributed by atoms with Crippen molar-refractivity contribution in [1.82, 2.24) is 4.90 Å². The van der Waals surface area contributed by atoms with E-state index in [-0.39, 0.29) is 41.8 Å². The van der Waals surface area contributed by atoms with Gasteiger partial charge in [0.2, 0.25) is 0 Å². The zero-order valence-corrected chi connectivity index (χ0v) is 29.9. The van der Waals surface area contributed by atoms with Crippen molar-refractivity contribution < 1.29 is 59.4 Å². The third-order valence-electron chi connectivity index (χ3n) is 10.2. The van der Waals surface area contributed by atoms with Crippen molar-refractivity contribution in [2.24, 2.45) is 34.5 Å². The third-order valence-corrected chi connectivity index (χ3v) is 10.5. The summed E-state index contributed by atoms with van der Waals surface area (Å²) in [4.78, 5) is 50.2. The summed E-state index contributed by atoms with van der Waals surface area (Å²) in [5.74, 6) is -10.6. The second-order valence-corrected chi connectivity index (χ2v) is 15.1. The highest BCUT2D eigenvalue weighted by Crippen LogP contribution is 2.61. The van der Waals surface area contributed by atoms with Gasteiger partial charge in [0.25, 0.3) is 11.8 Å². The van der Waals surface area contributed by atoms with Gasteiger partial charge in [0.15, 0.2) is 30.0 Å². The fourth-order valence-corrected chi connectivity index (χ4v) is 6.90. The van der Waals surface area contributed by atoms with Crippen molar-refractivity contribution in [3.05, 3.63) is 68.3 Å². The number of alkyl halides is 3. The van der Waals surface area contributed by atoms with Gasteiger partial charge in [-0.1, -0.05) is 57.0 Å². The minimum absolute atomic E-state index is 0.134. The lowest BCUT2D eigenvalue weighted by molar-refractivity contribution is -0.157. The van der Waals surface area contributed by atoms with E-state index in [0.717, 1.165) is 24.7 Å². The highest BCUT2D eigenvalue weighted by atomic mass is 35.5. The van der Waals surface area contributed by atoms with Crippen LogP contribution >= 0.6 is 11.6 Å². The van der Waals surface area contributed by atoms with Crippen LogP contribution in [0.25, 0.3) is 0 Å². The van der Waals surface area contributed by atoms with Crippen molar-refractivity contribution in [2.45, 2.75) is 86.9 Å². The van der Waals surface area contributed by atoms with Crippen LogP contribution < -0.4 is 0 Å². The molecule has 0 spiro atoms. The molecule has 5 rings (SSSR count). The van der Waals surface area contributed by atoms with E-state index in [2.05, 4.69) is 6.08 Å². The Balaban J connectivity index is 0.000000230. The number of ether oxygens (including phenoxy) is 2. The van der Waals surface area contributed by atoms with Crippen molar-refractivity contribution in [3.8, 4) is 0 Å². The van der Waals surface area contributed by atoms with E-state index in [9.17, 15) is 49.9 Å². The fraction of sp³-hybridized carbons (Fsp3) is 0.556. The summed E-state index contributed by atoms with van der Waals surface area (Å²) in [5.41, 5.74) is -0.648. The molecule has 0 radical (unpaired) electrons. The number of hydrogen-bond acceptors (Lipinski definition) is 6. The second kappa shape index (κ2) is 14.4. The van der Waals surface area contributed by atoms with Crippen LogP contribution in [0.5, 0.6) is 0 Å². The Morgan fingerprint density at radius 2 is 1.24 bits per heavy atom. The van der Waals surface area contributed by atoms with Gasteiger partial charge < -0.3 is 9.47 Å². The molecule has 4 aliphatic rings. The first-order valence-electron chi connectivity index (χ1n) is 16.3. The number of hydrogen-bond donors (Lipinski definition) is 0. The molecule has 2 fully saturated rings. The number of benzene rings is 1. The molecule has 0 saturated heterocycles. The number of rotatable bonds is 8. The first-order valence-corrected chi connectivity index (χ1v) is 16.7. The monoisotopic (exact) mass is 749 g/mol. The van der Waals surface area contributed by atoms with Crippen LogP contribution in [0.2, 0.25) is 0 Å². The molecule has 4 atom stereocenters. The van der Waals surface area contributed by atoms with Crippen molar-refractivity contribution >= 4 is 35.4 Å². The van der Waals surface area contributed by atoms with Gasteiger partial charge in [-0.25, -0.2) is 22.5 Å². The highest BCUT2D eigenvalue weighted by Gasteiger charge is 2.63. The van der Waals surface area contributed by atoms with Gasteiger partial charge >= 0.3 is 18.1 Å². The molecule has 1 aromatic carbocycles. The first kappa shape index (κ1) is 40.1. The summed E-state index contributed by atoms with van der Waals surface area (Å²) in [7, 11) is 0. The standard InChI is InChI=1S/C19H25NO4.C17H14ClF7O2/c1-11(2)9-14-15(19(14,3)4)18(23)24-10-20-16(21)12-7-5-6-8-13(12)17(20)22;1-6-11(19)13(21)7(14(22)12(6)20)5-27-15(26)10-8(16(10,2)3)4-9(18)17(23,24)25/h9,14-15H,5-8,10H2,1-4H3;4,8,10H,5H2,1-3H3/b;9-4-. The number of allylic oxidation sites excluding steroid dienone is 4. The van der Waals surface area contributed by atoms with Crippen LogP contribution in [0.15, 0.2) is 33.9 Å². The molecule has 280 valence electrons. The average molecular weight is 750 g/mol. The normalized spacial score (nSPS) is 24.8. The number of amides is 2. The number of carbonyl (C=O) groups is 4. The number of esters is 2. The van der Waals surface area contributed by atoms with Crippen molar-refractivity contribution in [1.29, 1.82) is 0 Å². The van der Waals surface area contributed by atoms with Gasteiger partial charge in [-0.15, -0.1) is 0 Å². The Bertz CT molecular complexity index is 1680. The molecule has 7 nitrogen and oxygen atoms in total. The summed E-state index contributed by atoms with van der Waals surface area (Å²) in [5, 5.41) is -1.41. The lowest BCUT2D eigenvalue weighted by Crippen LogP contribution is -2.35. The molecular weight excluding hydrogens is 711 g/mol. The van der Waals surface area contributed by atoms with Gasteiger partial charge in [-0.3, -0.25) is 19.2 Å². The Kier molecular flexibility index (Phi) is 11.3. The lowest BCUT2D eigenvalue weighted by Gasteiger charge is -2.15. The van der Waals surface area contributed by atoms with Gasteiger partial charge in [-0.05, 0) is 69.1 Å². The highest BCUT2D eigenvalue weighted by molar-refractivity contribution is 6.30. The first-order chi connectivity index (χ1) is 23.5. The minimum atomic E-state index is -4.78. The molecule has 2 saturated carbocycles. The van der Waals surface area contributed by atoms with E-state index in [0.29, 0.717) is 30.1 Å². The maximum atomic E-state index is 13.8. The molecule has 0 N–H and O–H groups in total. The SMILES string of the molecule is CC(C)=CC1C(C(=O)OCN2C(=O)C3=C(CCCC3)C2=O)C1(C)C.Cc1c(F)c(F)c(COC(=O)C2C(/C=C(\Cl)C(F)(F)F)C2(C)C)c(F)c1F. The van der Waals surface area contributed by atoms with E-state index < -0.39 is 75.4 Å². The van der Waals surface area contributed by atoms with Crippen LogP contribution in [-0.4, -0.2) is 41.6 Å². The Morgan fingerprint density at radius 1 is 0.804 bits per heavy atom. The van der Waals surface area contributed by atoms with Crippen LogP contribution in [0.3, 0.4) is 0 Å². The Morgan fingerprint density at radius 3 is 1.67 bits per heavy atom. The maximum absolute atomic E-state index is 13.8. The largest absolute Gasteiger partial charge is 0.460 e. The number of carbonyl (C=O) groups excluding carboxylic acids is 4. The van der Waals surface area contributed by atoms with Crippen molar-refractivity contribution in [3.63, 3.8) is 0 Å². The van der Waals surface area contributed by atoms with Crippen LogP contribution in [-0.2, 0) is 35.3 Å². The van der Waals surface area contributed by atoms with Gasteiger partial charge in [0.1, 0.15) is 11.6 Å². The molecule has 0 aromatic heterocycles. The smallest absolute Gasteiger partial charge is 0.426 e. The molecular formula is C36H39ClF7NO6. The topological polar surface area (TPSA) is 90.0 Å². The zero-order chi connectivity index (χ0) is 38.5. The van der Waals surface area contributed by atoms with Gasteiger partial charge in [0.05, 0.1) is 17.4 Å². The van der Waals surface area contributed by atoms with Crippen LogP contribution in [0.4, 0.5) is 30.7 Å². The summed E-state index contributed by atoms with van der Waals surface area (Å²) in [6.45, 7) is 10.5. The molecule has 1 aliphatic heterocycles. The summed E-state index contributed by atoms with van der Waals surface area (Å²) >= 11 is 5.15. The van der Waals surface area contributed by atoms with Crippen molar-refractivity contribution in [2.75, 3.05) is 6.73 Å². The molecule has 51 heavy (non-hydrogen) atoms. The summed E-state index contributed by atoms with van der Waals surface area (Å²) < 4.78 is 102. The number of imide groups is 1. The molecule has 1 aromatic rings. The van der Waals surface area contributed by atoms with Gasteiger partial charge in [0, 0.05) is 16.7 Å². The molecule has 3 aliphatic carbocycles. The van der Waals surface area contributed by atoms with Crippen LogP contribution in [0.1, 0.15) is 78.4 Å². The molecule has 4 unspecified atom stereocenters. The minimum Gasteiger partial charge on any atom is -0.460 e. The Labute approximate surface area is 295 Å². The predicted molar refractivity (Wildman–Crippen MR) is 170 cm³/mol. The second-order valence-electron chi connectivity index (χ2n) is 14.7. The fourth-order valence-electron chi connectivity index (χ4n) is 6.77. The summed E-state index contributed by atoms with van der Waals surface area (Å²) in [6.07, 6.45) is 1.17. The molecule has 0 bridgehead atoms. The molecule has 1 heterocycles. The third kappa shape index (κ3) is 7.90. The molecule has 15 heteroatoms. The van der Waals surface area contributed by atoms with E-state index in [1.165, 1.54) is 19.4 Å². The quantitative estimate of drug-likeness (QED) is 0.0871. The summed E-state index contributed by atoms with van der Waals surface area (Å²) in [6, 6.07) is 0. The maximum Gasteiger partial charge on any atom is 0.426 e. The lowest BCUT2D eigenvalue weighted by atomic mass is 9.93. The van der Waals surface area contributed by atoms with E-state index in [1.807, 2.05) is 27.7 Å². The average Bonchev–Trinajstić information content (AvgIpc) is 3.76. The van der Waals surface area contributed by atoms with E-state index in [1.54, 1.807) is 0 Å². The van der Waals surface area contributed by atoms with Gasteiger partial charge in [-0.2, -0.15) is 13.2 Å². The van der Waals surface area contributed by atoms with E-state index >= 15 is 0 Å². The van der Waals surface area contributed by atoms with E-state index in [4.69, 9.17) is 21.1 Å². The Hall–Kier alpha value is -3.68.